The lowest BCUT2D eigenvalue weighted by atomic mass is 9.92. The second kappa shape index (κ2) is 8.25. The molecule has 6 heteroatoms. The van der Waals surface area contributed by atoms with E-state index in [-0.39, 0.29) is 19.1 Å². The van der Waals surface area contributed by atoms with E-state index in [4.69, 9.17) is 10.1 Å². The number of nitrogens with zero attached hydrogens (tertiary/aromatic N) is 2. The van der Waals surface area contributed by atoms with Crippen molar-refractivity contribution in [3.63, 3.8) is 0 Å². The molecule has 1 amide bonds. The largest absolute Gasteiger partial charge is 0.396 e. The first kappa shape index (κ1) is 18.3. The van der Waals surface area contributed by atoms with Gasteiger partial charge in [0.25, 0.3) is 0 Å². The molecule has 1 atom stereocenters. The van der Waals surface area contributed by atoms with Gasteiger partial charge in [0.1, 0.15) is 0 Å². The normalized spacial score (nSPS) is 17.3. The highest BCUT2D eigenvalue weighted by atomic mass is 16.3. The summed E-state index contributed by atoms with van der Waals surface area (Å²) in [6, 6.07) is 0. The number of fused-ring (bicyclic) bond motifs is 2. The number of anilines is 1. The lowest BCUT2D eigenvalue weighted by Gasteiger charge is -2.24. The summed E-state index contributed by atoms with van der Waals surface area (Å²) in [6.45, 7) is 0.561. The van der Waals surface area contributed by atoms with Crippen LogP contribution in [0.2, 0.25) is 0 Å². The van der Waals surface area contributed by atoms with E-state index in [9.17, 15) is 9.90 Å². The minimum Gasteiger partial charge on any atom is -0.396 e. The van der Waals surface area contributed by atoms with Crippen molar-refractivity contribution in [2.45, 2.75) is 57.5 Å². The third kappa shape index (κ3) is 4.37. The molecule has 0 aromatic carbocycles. The maximum atomic E-state index is 12.5. The summed E-state index contributed by atoms with van der Waals surface area (Å²) in [5.74, 6) is -0.0493. The zero-order chi connectivity index (χ0) is 17.8. The maximum absolute atomic E-state index is 12.5. The molecule has 0 bridgehead atoms. The molecule has 2 aliphatic carbocycles. The Balaban J connectivity index is 1.70. The summed E-state index contributed by atoms with van der Waals surface area (Å²) in [5.41, 5.74) is 5.84. The van der Waals surface area contributed by atoms with Gasteiger partial charge in [0.2, 0.25) is 5.91 Å². The Kier molecular flexibility index (Phi) is 6.04. The molecular formula is C19H29N3O3. The van der Waals surface area contributed by atoms with Gasteiger partial charge in [0.05, 0.1) is 18.3 Å². The van der Waals surface area contributed by atoms with Gasteiger partial charge in [-0.2, -0.15) is 0 Å². The molecule has 0 saturated carbocycles. The van der Waals surface area contributed by atoms with Gasteiger partial charge >= 0.3 is 0 Å². The Labute approximate surface area is 149 Å². The van der Waals surface area contributed by atoms with E-state index < -0.39 is 6.10 Å². The van der Waals surface area contributed by atoms with E-state index in [0.717, 1.165) is 44.2 Å². The number of rotatable bonds is 7. The van der Waals surface area contributed by atoms with Crippen molar-refractivity contribution in [3.8, 4) is 0 Å². The zero-order valence-corrected chi connectivity index (χ0v) is 15.1. The van der Waals surface area contributed by atoms with Gasteiger partial charge in [-0.15, -0.1) is 0 Å². The molecule has 25 heavy (non-hydrogen) atoms. The van der Waals surface area contributed by atoms with Crippen LogP contribution < -0.4 is 5.32 Å². The molecule has 1 aromatic heterocycles. The van der Waals surface area contributed by atoms with Crippen LogP contribution in [0.15, 0.2) is 0 Å². The summed E-state index contributed by atoms with van der Waals surface area (Å²) in [5, 5.41) is 21.8. The third-order valence-corrected chi connectivity index (χ3v) is 5.16. The number of aliphatic hydroxyl groups is 2. The van der Waals surface area contributed by atoms with Crippen LogP contribution in [0.4, 0.5) is 5.69 Å². The quantitative estimate of drug-likeness (QED) is 0.687. The van der Waals surface area contributed by atoms with Crippen molar-refractivity contribution in [2.75, 3.05) is 32.1 Å². The fourth-order valence-corrected chi connectivity index (χ4v) is 3.99. The molecule has 3 N–H and O–H groups in total. The van der Waals surface area contributed by atoms with E-state index in [1.165, 1.54) is 28.9 Å². The number of aryl methyl sites for hydroxylation is 2. The van der Waals surface area contributed by atoms with Crippen molar-refractivity contribution >= 4 is 11.6 Å². The molecular weight excluding hydrogens is 318 g/mol. The van der Waals surface area contributed by atoms with E-state index in [1.54, 1.807) is 4.90 Å². The highest BCUT2D eigenvalue weighted by Gasteiger charge is 2.25. The monoisotopic (exact) mass is 347 g/mol. The van der Waals surface area contributed by atoms with E-state index >= 15 is 0 Å². The van der Waals surface area contributed by atoms with E-state index in [2.05, 4.69) is 5.32 Å². The molecule has 138 valence electrons. The predicted molar refractivity (Wildman–Crippen MR) is 96.7 cm³/mol. The molecule has 0 radical (unpaired) electrons. The Bertz CT molecular complexity index is 633. The summed E-state index contributed by atoms with van der Waals surface area (Å²) in [6.07, 6.45) is 7.19. The Morgan fingerprint density at radius 1 is 1.16 bits per heavy atom. The average molecular weight is 347 g/mol. The van der Waals surface area contributed by atoms with Crippen LogP contribution >= 0.6 is 0 Å². The first-order valence-electron chi connectivity index (χ1n) is 9.39. The zero-order valence-electron chi connectivity index (χ0n) is 15.1. The Morgan fingerprint density at radius 2 is 1.80 bits per heavy atom. The number of hydrogen-bond donors (Lipinski definition) is 3. The molecule has 0 spiro atoms. The van der Waals surface area contributed by atoms with Crippen LogP contribution in [0.25, 0.3) is 0 Å². The van der Waals surface area contributed by atoms with Crippen molar-refractivity contribution in [3.05, 3.63) is 22.5 Å². The van der Waals surface area contributed by atoms with Gasteiger partial charge in [-0.25, -0.2) is 0 Å². The smallest absolute Gasteiger partial charge is 0.238 e. The molecule has 0 saturated heterocycles. The van der Waals surface area contributed by atoms with Crippen LogP contribution in [0, 0.1) is 0 Å². The van der Waals surface area contributed by atoms with Crippen LogP contribution in [0.5, 0.6) is 0 Å². The summed E-state index contributed by atoms with van der Waals surface area (Å²) in [7, 11) is 1.81. The fraction of sp³-hybridized carbons (Fsp3) is 0.684. The van der Waals surface area contributed by atoms with Crippen LogP contribution in [0.1, 0.15) is 48.2 Å². The van der Waals surface area contributed by atoms with Crippen molar-refractivity contribution in [1.29, 1.82) is 0 Å². The molecule has 1 unspecified atom stereocenters. The molecule has 6 nitrogen and oxygen atoms in total. The number of hydrogen-bond acceptors (Lipinski definition) is 5. The number of carbonyl (C=O) groups excluding carboxylic acids is 1. The average Bonchev–Trinajstić information content (AvgIpc) is 3.02. The summed E-state index contributed by atoms with van der Waals surface area (Å²) < 4.78 is 0. The van der Waals surface area contributed by atoms with E-state index in [0.29, 0.717) is 13.0 Å². The highest BCUT2D eigenvalue weighted by molar-refractivity contribution is 5.94. The maximum Gasteiger partial charge on any atom is 0.238 e. The van der Waals surface area contributed by atoms with Gasteiger partial charge in [-0.3, -0.25) is 14.7 Å². The lowest BCUT2D eigenvalue weighted by Crippen LogP contribution is -2.36. The van der Waals surface area contributed by atoms with Crippen molar-refractivity contribution in [2.24, 2.45) is 0 Å². The number of likely N-dealkylation sites (N-methyl/N-ethyl adjacent to an activating group) is 1. The second-order valence-electron chi connectivity index (χ2n) is 7.31. The minimum atomic E-state index is -0.610. The van der Waals surface area contributed by atoms with Gasteiger partial charge in [-0.1, -0.05) is 0 Å². The second-order valence-corrected chi connectivity index (χ2v) is 7.31. The standard InChI is InChI=1S/C19H29N3O3/c1-22(11-13(24)9-10-23)12-18(25)21-19-14-5-2-3-7-16(14)20-17-8-4-6-15(17)19/h13,23-24H,2-12H2,1H3,(H,20,21,25). The Hall–Kier alpha value is -1.50. The number of aliphatic hydroxyl groups excluding tert-OH is 2. The number of nitrogens with one attached hydrogen (secondary N) is 1. The first-order chi connectivity index (χ1) is 12.1. The summed E-state index contributed by atoms with van der Waals surface area (Å²) in [4.78, 5) is 19.2. The third-order valence-electron chi connectivity index (χ3n) is 5.16. The lowest BCUT2D eigenvalue weighted by molar-refractivity contribution is -0.117. The highest BCUT2D eigenvalue weighted by Crippen LogP contribution is 2.35. The van der Waals surface area contributed by atoms with Crippen LogP contribution in [-0.2, 0) is 30.5 Å². The van der Waals surface area contributed by atoms with Crippen LogP contribution in [0.3, 0.4) is 0 Å². The fourth-order valence-electron chi connectivity index (χ4n) is 3.99. The molecule has 0 aliphatic heterocycles. The molecule has 1 aromatic rings. The first-order valence-corrected chi connectivity index (χ1v) is 9.39. The number of pyridine rings is 1. The minimum absolute atomic E-state index is 0.0451. The van der Waals surface area contributed by atoms with Crippen molar-refractivity contribution in [1.82, 2.24) is 9.88 Å². The predicted octanol–water partition coefficient (Wildman–Crippen LogP) is 1.06. The molecule has 2 aliphatic rings. The number of carbonyl (C=O) groups is 1. The Morgan fingerprint density at radius 3 is 2.52 bits per heavy atom. The number of aromatic nitrogens is 1. The van der Waals surface area contributed by atoms with E-state index in [1.807, 2.05) is 7.05 Å². The number of amides is 1. The van der Waals surface area contributed by atoms with Gasteiger partial charge < -0.3 is 15.5 Å². The topological polar surface area (TPSA) is 85.7 Å². The molecule has 1 heterocycles. The summed E-state index contributed by atoms with van der Waals surface area (Å²) >= 11 is 0. The SMILES string of the molecule is CN(CC(=O)Nc1c2c(nc3c1CCC3)CCCC2)CC(O)CCO. The van der Waals surface area contributed by atoms with Gasteiger partial charge in [-0.05, 0) is 69.5 Å². The van der Waals surface area contributed by atoms with Crippen LogP contribution in [-0.4, -0.2) is 58.9 Å². The molecule has 0 fully saturated rings. The van der Waals surface area contributed by atoms with Gasteiger partial charge in [0, 0.05) is 24.5 Å². The van der Waals surface area contributed by atoms with Gasteiger partial charge in [0.15, 0.2) is 0 Å². The molecule has 3 rings (SSSR count). The van der Waals surface area contributed by atoms with Crippen molar-refractivity contribution < 1.29 is 15.0 Å².